The van der Waals surface area contributed by atoms with Crippen molar-refractivity contribution in [3.8, 4) is 5.75 Å². The van der Waals surface area contributed by atoms with Crippen LogP contribution in [0.25, 0.3) is 0 Å². The molecule has 0 atom stereocenters. The Morgan fingerprint density at radius 3 is 2.57 bits per heavy atom. The van der Waals surface area contributed by atoms with E-state index in [0.717, 1.165) is 5.56 Å². The molecule has 1 N–H and O–H groups in total. The summed E-state index contributed by atoms with van der Waals surface area (Å²) in [6.45, 7) is 0.0104. The average molecular weight is 398 g/mol. The third-order valence-electron chi connectivity index (χ3n) is 3.21. The number of thiophene rings is 1. The van der Waals surface area contributed by atoms with E-state index in [1.54, 1.807) is 6.07 Å². The van der Waals surface area contributed by atoms with Crippen LogP contribution in [0, 0.1) is 0 Å². The van der Waals surface area contributed by atoms with E-state index in [-0.39, 0.29) is 12.5 Å². The topological polar surface area (TPSA) is 66.8 Å². The number of rotatable bonds is 7. The fourth-order valence-corrected chi connectivity index (χ4v) is 3.69. The lowest BCUT2D eigenvalue weighted by molar-refractivity contribution is -0.137. The number of halogens is 1. The fourth-order valence-electron chi connectivity index (χ4n) is 2.08. The Bertz CT molecular complexity index is 687. The maximum absolute atomic E-state index is 12.6. The van der Waals surface area contributed by atoms with Gasteiger partial charge in [-0.3, -0.25) is 9.59 Å². The van der Waals surface area contributed by atoms with E-state index in [1.165, 1.54) is 23.3 Å². The highest BCUT2D eigenvalue weighted by Crippen LogP contribution is 2.34. The molecule has 23 heavy (non-hydrogen) atoms. The molecule has 1 aromatic heterocycles. The normalized spacial score (nSPS) is 10.3. The van der Waals surface area contributed by atoms with Crippen LogP contribution < -0.4 is 4.74 Å². The molecule has 0 bridgehead atoms. The average Bonchev–Trinajstić information content (AvgIpc) is 2.92. The summed E-state index contributed by atoms with van der Waals surface area (Å²) in [7, 11) is 1.52. The van der Waals surface area contributed by atoms with E-state index in [1.807, 2.05) is 30.3 Å². The number of carbonyl (C=O) groups is 2. The number of carboxylic acid groups (broad SMARTS) is 1. The molecular formula is C16H16BrNO4S. The van der Waals surface area contributed by atoms with Crippen LogP contribution >= 0.6 is 27.3 Å². The van der Waals surface area contributed by atoms with Gasteiger partial charge >= 0.3 is 5.97 Å². The first-order valence-corrected chi connectivity index (χ1v) is 8.50. The van der Waals surface area contributed by atoms with Gasteiger partial charge in [0.1, 0.15) is 16.1 Å². The van der Waals surface area contributed by atoms with Gasteiger partial charge in [0.25, 0.3) is 5.91 Å². The molecular weight excluding hydrogens is 382 g/mol. The molecule has 1 aromatic carbocycles. The second-order valence-electron chi connectivity index (χ2n) is 4.81. The first kappa shape index (κ1) is 17.5. The van der Waals surface area contributed by atoms with Crippen molar-refractivity contribution in [2.45, 2.75) is 6.42 Å². The summed E-state index contributed by atoms with van der Waals surface area (Å²) < 4.78 is 5.85. The number of carboxylic acids is 1. The van der Waals surface area contributed by atoms with Gasteiger partial charge in [-0.25, -0.2) is 0 Å². The van der Waals surface area contributed by atoms with Gasteiger partial charge in [-0.15, -0.1) is 11.3 Å². The molecule has 2 rings (SSSR count). The summed E-state index contributed by atoms with van der Waals surface area (Å²) in [5.74, 6) is -0.775. The van der Waals surface area contributed by atoms with Gasteiger partial charge < -0.3 is 14.7 Å². The van der Waals surface area contributed by atoms with Crippen LogP contribution in [-0.2, 0) is 11.2 Å². The number of ether oxygens (including phenoxy) is 1. The predicted octanol–water partition coefficient (Wildman–Crippen LogP) is 3.29. The minimum Gasteiger partial charge on any atom is -0.495 e. The van der Waals surface area contributed by atoms with Gasteiger partial charge in [0, 0.05) is 12.6 Å². The summed E-state index contributed by atoms with van der Waals surface area (Å²) in [4.78, 5) is 25.4. The molecule has 0 aliphatic carbocycles. The predicted molar refractivity (Wildman–Crippen MR) is 92.3 cm³/mol. The molecule has 0 aliphatic heterocycles. The van der Waals surface area contributed by atoms with Gasteiger partial charge in [-0.05, 0) is 27.9 Å². The Balaban J connectivity index is 2.13. The quantitative estimate of drug-likeness (QED) is 0.778. The summed E-state index contributed by atoms with van der Waals surface area (Å²) in [6.07, 6.45) is 0.601. The number of amides is 1. The number of hydrogen-bond donors (Lipinski definition) is 1. The molecule has 0 saturated heterocycles. The second-order valence-corrected chi connectivity index (χ2v) is 7.18. The Hall–Kier alpha value is -1.86. The fraction of sp³-hybridized carbons (Fsp3) is 0.250. The number of benzene rings is 1. The molecule has 2 aromatic rings. The SMILES string of the molecule is COc1cc(C(=O)N(CCc2ccccc2)CC(=O)O)sc1Br. The molecule has 122 valence electrons. The molecule has 0 spiro atoms. The van der Waals surface area contributed by atoms with Gasteiger partial charge in [-0.2, -0.15) is 0 Å². The number of hydrogen-bond acceptors (Lipinski definition) is 4. The zero-order valence-corrected chi connectivity index (χ0v) is 14.9. The van der Waals surface area contributed by atoms with E-state index in [4.69, 9.17) is 9.84 Å². The summed E-state index contributed by atoms with van der Waals surface area (Å²) in [5.41, 5.74) is 1.06. The molecule has 1 heterocycles. The molecule has 0 fully saturated rings. The van der Waals surface area contributed by atoms with Crippen LogP contribution in [-0.4, -0.2) is 42.1 Å². The molecule has 7 heteroatoms. The van der Waals surface area contributed by atoms with Crippen molar-refractivity contribution in [2.24, 2.45) is 0 Å². The summed E-state index contributed by atoms with van der Waals surface area (Å²) in [6, 6.07) is 11.3. The minimum absolute atomic E-state index is 0.308. The highest BCUT2D eigenvalue weighted by molar-refractivity contribution is 9.11. The van der Waals surface area contributed by atoms with Crippen molar-refractivity contribution in [2.75, 3.05) is 20.2 Å². The minimum atomic E-state index is -1.03. The molecule has 0 unspecified atom stereocenters. The number of carbonyl (C=O) groups excluding carboxylic acids is 1. The molecule has 1 amide bonds. The summed E-state index contributed by atoms with van der Waals surface area (Å²) in [5, 5.41) is 9.06. The Labute approximate surface area is 146 Å². The first-order valence-electron chi connectivity index (χ1n) is 6.89. The zero-order valence-electron chi connectivity index (χ0n) is 12.5. The third-order valence-corrected chi connectivity index (χ3v) is 4.98. The maximum Gasteiger partial charge on any atom is 0.323 e. The van der Waals surface area contributed by atoms with Crippen LogP contribution in [0.1, 0.15) is 15.2 Å². The Kier molecular flexibility index (Phi) is 6.18. The van der Waals surface area contributed by atoms with E-state index in [2.05, 4.69) is 15.9 Å². The van der Waals surface area contributed by atoms with Gasteiger partial charge in [-0.1, -0.05) is 30.3 Å². The zero-order chi connectivity index (χ0) is 16.8. The highest BCUT2D eigenvalue weighted by atomic mass is 79.9. The monoisotopic (exact) mass is 397 g/mol. The van der Waals surface area contributed by atoms with Crippen molar-refractivity contribution in [1.29, 1.82) is 0 Å². The third kappa shape index (κ3) is 4.80. The van der Waals surface area contributed by atoms with Crippen LogP contribution in [0.3, 0.4) is 0 Å². The van der Waals surface area contributed by atoms with Crippen molar-refractivity contribution in [3.05, 3.63) is 50.6 Å². The van der Waals surface area contributed by atoms with E-state index >= 15 is 0 Å². The van der Waals surface area contributed by atoms with Crippen LogP contribution in [0.4, 0.5) is 0 Å². The van der Waals surface area contributed by atoms with Crippen LogP contribution in [0.15, 0.2) is 40.2 Å². The Morgan fingerprint density at radius 2 is 2.00 bits per heavy atom. The molecule has 0 aliphatic rings. The first-order chi connectivity index (χ1) is 11.0. The van der Waals surface area contributed by atoms with Crippen LogP contribution in [0.5, 0.6) is 5.75 Å². The lowest BCUT2D eigenvalue weighted by Gasteiger charge is -2.20. The van der Waals surface area contributed by atoms with Crippen LogP contribution in [0.2, 0.25) is 0 Å². The number of aliphatic carboxylic acids is 1. The smallest absolute Gasteiger partial charge is 0.323 e. The number of methoxy groups -OCH3 is 1. The second kappa shape index (κ2) is 8.12. The molecule has 5 nitrogen and oxygen atoms in total. The van der Waals surface area contributed by atoms with E-state index < -0.39 is 5.97 Å². The maximum atomic E-state index is 12.6. The van der Waals surface area contributed by atoms with Crippen molar-refractivity contribution < 1.29 is 19.4 Å². The van der Waals surface area contributed by atoms with Crippen molar-refractivity contribution in [1.82, 2.24) is 4.90 Å². The lowest BCUT2D eigenvalue weighted by atomic mass is 10.1. The van der Waals surface area contributed by atoms with E-state index in [9.17, 15) is 9.59 Å². The standard InChI is InChI=1S/C16H16BrNO4S/c1-22-12-9-13(23-15(12)17)16(21)18(10-14(19)20)8-7-11-5-3-2-4-6-11/h2-6,9H,7-8,10H2,1H3,(H,19,20). The van der Waals surface area contributed by atoms with Gasteiger partial charge in [0.05, 0.1) is 12.0 Å². The largest absolute Gasteiger partial charge is 0.495 e. The number of nitrogens with zero attached hydrogens (tertiary/aromatic N) is 1. The lowest BCUT2D eigenvalue weighted by Crippen LogP contribution is -2.36. The van der Waals surface area contributed by atoms with Crippen molar-refractivity contribution in [3.63, 3.8) is 0 Å². The molecule has 0 radical (unpaired) electrons. The van der Waals surface area contributed by atoms with E-state index in [0.29, 0.717) is 27.4 Å². The van der Waals surface area contributed by atoms with Crippen molar-refractivity contribution >= 4 is 39.1 Å². The van der Waals surface area contributed by atoms with Gasteiger partial charge in [0.15, 0.2) is 0 Å². The van der Waals surface area contributed by atoms with Gasteiger partial charge in [0.2, 0.25) is 0 Å². The Morgan fingerprint density at radius 1 is 1.30 bits per heavy atom. The molecule has 0 saturated carbocycles. The highest BCUT2D eigenvalue weighted by Gasteiger charge is 2.22. The summed E-state index contributed by atoms with van der Waals surface area (Å²) >= 11 is 4.56.